The maximum absolute atomic E-state index is 6.24. The van der Waals surface area contributed by atoms with Gasteiger partial charge in [-0.2, -0.15) is 0 Å². The lowest BCUT2D eigenvalue weighted by Gasteiger charge is -2.09. The highest BCUT2D eigenvalue weighted by Gasteiger charge is 2.18. The lowest BCUT2D eigenvalue weighted by molar-refractivity contribution is 0.669. The van der Waals surface area contributed by atoms with Crippen molar-refractivity contribution in [2.45, 2.75) is 0 Å². The molecule has 4 aromatic heterocycles. The van der Waals surface area contributed by atoms with Crippen LogP contribution in [0.5, 0.6) is 0 Å². The lowest BCUT2D eigenvalue weighted by Crippen LogP contribution is -1.93. The van der Waals surface area contributed by atoms with Gasteiger partial charge < -0.3 is 13.6 Å². The van der Waals surface area contributed by atoms with Gasteiger partial charge in [-0.15, -0.1) is 11.3 Å². The maximum Gasteiger partial charge on any atom is 0.136 e. The van der Waals surface area contributed by atoms with Gasteiger partial charge >= 0.3 is 0 Å². The van der Waals surface area contributed by atoms with E-state index in [9.17, 15) is 0 Å². The molecule has 0 saturated carbocycles. The second-order valence-corrected chi connectivity index (χ2v) is 14.8. The minimum Gasteiger partial charge on any atom is -0.456 e. The van der Waals surface area contributed by atoms with Crippen LogP contribution in [0.25, 0.3) is 108 Å². The van der Waals surface area contributed by atoms with Crippen molar-refractivity contribution in [1.29, 1.82) is 0 Å². The zero-order chi connectivity index (χ0) is 33.9. The van der Waals surface area contributed by atoms with Crippen molar-refractivity contribution in [1.82, 2.24) is 9.13 Å². The molecule has 3 nitrogen and oxygen atoms in total. The molecule has 242 valence electrons. The van der Waals surface area contributed by atoms with E-state index < -0.39 is 0 Å². The third kappa shape index (κ3) is 3.90. The molecule has 4 heteroatoms. The molecule has 0 aliphatic rings. The topological polar surface area (TPSA) is 23.0 Å². The van der Waals surface area contributed by atoms with E-state index in [-0.39, 0.29) is 0 Å². The second-order valence-electron chi connectivity index (χ2n) is 13.7. The van der Waals surface area contributed by atoms with Crippen LogP contribution in [0.2, 0.25) is 0 Å². The molecule has 0 amide bonds. The first kappa shape index (κ1) is 28.1. The van der Waals surface area contributed by atoms with Gasteiger partial charge in [-0.3, -0.25) is 0 Å². The molecule has 12 rings (SSSR count). The van der Waals surface area contributed by atoms with Crippen molar-refractivity contribution < 1.29 is 4.42 Å². The van der Waals surface area contributed by atoms with Crippen LogP contribution in [0.3, 0.4) is 0 Å². The molecular weight excluding hydrogens is 653 g/mol. The Hall–Kier alpha value is -6.62. The fourth-order valence-electron chi connectivity index (χ4n) is 8.56. The molecule has 12 aromatic rings. The molecule has 8 aromatic carbocycles. The van der Waals surface area contributed by atoms with Gasteiger partial charge in [0.2, 0.25) is 0 Å². The van der Waals surface area contributed by atoms with E-state index in [0.29, 0.717) is 0 Å². The largest absolute Gasteiger partial charge is 0.456 e. The Morgan fingerprint density at radius 2 is 0.904 bits per heavy atom. The summed E-state index contributed by atoms with van der Waals surface area (Å²) in [6, 6.07) is 61.8. The van der Waals surface area contributed by atoms with Crippen molar-refractivity contribution >= 4 is 97.1 Å². The highest BCUT2D eigenvalue weighted by molar-refractivity contribution is 7.25. The predicted octanol–water partition coefficient (Wildman–Crippen LogP) is 13.8. The van der Waals surface area contributed by atoms with E-state index in [1.165, 1.54) is 97.1 Å². The number of benzene rings is 8. The van der Waals surface area contributed by atoms with Crippen LogP contribution in [0.4, 0.5) is 0 Å². The number of nitrogens with zero attached hydrogens (tertiary/aromatic N) is 2. The normalized spacial score (nSPS) is 12.2. The Morgan fingerprint density at radius 3 is 1.62 bits per heavy atom. The number of para-hydroxylation sites is 4. The Bertz CT molecular complexity index is 3410. The molecule has 0 unspecified atom stereocenters. The minimum absolute atomic E-state index is 0.937. The first-order valence-corrected chi connectivity index (χ1v) is 18.5. The van der Waals surface area contributed by atoms with Gasteiger partial charge in [0.05, 0.1) is 22.1 Å². The van der Waals surface area contributed by atoms with Crippen LogP contribution in [0.15, 0.2) is 174 Å². The van der Waals surface area contributed by atoms with E-state index in [4.69, 9.17) is 4.42 Å². The molecule has 0 aliphatic heterocycles. The number of aromatic nitrogens is 2. The number of hydrogen-bond acceptors (Lipinski definition) is 2. The summed E-state index contributed by atoms with van der Waals surface area (Å²) < 4.78 is 13.6. The van der Waals surface area contributed by atoms with Crippen LogP contribution < -0.4 is 0 Å². The zero-order valence-corrected chi connectivity index (χ0v) is 28.7. The maximum atomic E-state index is 6.24. The van der Waals surface area contributed by atoms with Crippen LogP contribution in [0, 0.1) is 0 Å². The van der Waals surface area contributed by atoms with Crippen molar-refractivity contribution in [2.75, 3.05) is 0 Å². The molecule has 0 radical (unpaired) electrons. The monoisotopic (exact) mass is 680 g/mol. The van der Waals surface area contributed by atoms with Crippen molar-refractivity contribution in [3.05, 3.63) is 170 Å². The first-order valence-electron chi connectivity index (χ1n) is 17.7. The van der Waals surface area contributed by atoms with Crippen LogP contribution in [-0.4, -0.2) is 9.13 Å². The standard InChI is InChI=1S/C48H28N2OS/c1-2-10-31(11-3-1)49-41-15-7-4-12-33(41)37-24-29(18-22-43(37)49)30-19-23-44-38(25-30)34-13-5-8-16-42(34)50(44)32-20-21-36-40-27-39-35-14-6-9-17-45(35)51-46(39)28-48(40)52-47(36)26-32/h1-28H. The molecule has 52 heavy (non-hydrogen) atoms. The Kier molecular flexibility index (Phi) is 5.65. The van der Waals surface area contributed by atoms with Gasteiger partial charge in [-0.05, 0) is 90.0 Å². The predicted molar refractivity (Wildman–Crippen MR) is 221 cm³/mol. The van der Waals surface area contributed by atoms with E-state index >= 15 is 0 Å². The zero-order valence-electron chi connectivity index (χ0n) is 27.9. The number of hydrogen-bond donors (Lipinski definition) is 0. The fourth-order valence-corrected chi connectivity index (χ4v) is 9.71. The summed E-state index contributed by atoms with van der Waals surface area (Å²) in [5.41, 5.74) is 11.5. The number of rotatable bonds is 3. The van der Waals surface area contributed by atoms with Gasteiger partial charge in [0.25, 0.3) is 0 Å². The van der Waals surface area contributed by atoms with Crippen LogP contribution in [-0.2, 0) is 0 Å². The summed E-state index contributed by atoms with van der Waals surface area (Å²) in [5.74, 6) is 0. The van der Waals surface area contributed by atoms with Crippen LogP contribution >= 0.6 is 11.3 Å². The van der Waals surface area contributed by atoms with Crippen molar-refractivity contribution in [2.24, 2.45) is 0 Å². The smallest absolute Gasteiger partial charge is 0.136 e. The number of furan rings is 1. The third-order valence-corrected chi connectivity index (χ3v) is 12.0. The van der Waals surface area contributed by atoms with Gasteiger partial charge in [0.1, 0.15) is 11.2 Å². The molecule has 0 bridgehead atoms. The summed E-state index contributed by atoms with van der Waals surface area (Å²) >= 11 is 1.84. The highest BCUT2D eigenvalue weighted by Crippen LogP contribution is 2.42. The van der Waals surface area contributed by atoms with E-state index in [1.807, 2.05) is 23.5 Å². The van der Waals surface area contributed by atoms with E-state index in [1.54, 1.807) is 0 Å². The van der Waals surface area contributed by atoms with Gasteiger partial charge in [0, 0.05) is 63.9 Å². The highest BCUT2D eigenvalue weighted by atomic mass is 32.1. The SMILES string of the molecule is c1ccc(-n2c3ccccc3c3cc(-c4ccc5c(c4)c4ccccc4n5-c4ccc5c(c4)sc4cc6oc7ccccc7c6cc45)ccc32)cc1. The summed E-state index contributed by atoms with van der Waals surface area (Å²) in [6.07, 6.45) is 0. The molecular formula is C48H28N2OS. The molecule has 0 saturated heterocycles. The van der Waals surface area contributed by atoms with Crippen molar-refractivity contribution in [3.63, 3.8) is 0 Å². The average Bonchev–Trinajstić information content (AvgIpc) is 3.93. The molecule has 0 aliphatic carbocycles. The fraction of sp³-hybridized carbons (Fsp3) is 0. The number of fused-ring (bicyclic) bond motifs is 12. The summed E-state index contributed by atoms with van der Waals surface area (Å²) in [4.78, 5) is 0. The molecule has 0 spiro atoms. The third-order valence-electron chi connectivity index (χ3n) is 10.9. The van der Waals surface area contributed by atoms with E-state index in [0.717, 1.165) is 11.2 Å². The molecule has 0 N–H and O–H groups in total. The average molecular weight is 681 g/mol. The molecule has 0 atom stereocenters. The number of thiophene rings is 1. The lowest BCUT2D eigenvalue weighted by atomic mass is 10.0. The Labute approximate surface area is 301 Å². The van der Waals surface area contributed by atoms with Crippen LogP contribution in [0.1, 0.15) is 0 Å². The van der Waals surface area contributed by atoms with Gasteiger partial charge in [0.15, 0.2) is 0 Å². The Balaban J connectivity index is 1.02. The van der Waals surface area contributed by atoms with Gasteiger partial charge in [-0.25, -0.2) is 0 Å². The van der Waals surface area contributed by atoms with Gasteiger partial charge in [-0.1, -0.05) is 91.0 Å². The van der Waals surface area contributed by atoms with Crippen molar-refractivity contribution in [3.8, 4) is 22.5 Å². The van der Waals surface area contributed by atoms with E-state index in [2.05, 4.69) is 167 Å². The Morgan fingerprint density at radius 1 is 0.327 bits per heavy atom. The summed E-state index contributed by atoms with van der Waals surface area (Å²) in [7, 11) is 0. The minimum atomic E-state index is 0.937. The molecule has 4 heterocycles. The summed E-state index contributed by atoms with van der Waals surface area (Å²) in [6.45, 7) is 0. The molecule has 0 fully saturated rings. The quantitative estimate of drug-likeness (QED) is 0.182. The first-order chi connectivity index (χ1) is 25.8. The second kappa shape index (κ2) is 10.5. The summed E-state index contributed by atoms with van der Waals surface area (Å²) in [5, 5.41) is 9.93.